The molecule has 0 unspecified atom stereocenters. The SMILES string of the molecule is C=N/N=C1/C=CC(c2cccnc2Nc2ccc(S(F)(F)(F)(F)F)cc2)=CC1=C. The Morgan fingerprint density at radius 1 is 0.966 bits per heavy atom. The molecule has 152 valence electrons. The normalized spacial score (nSPS) is 18.0. The van der Waals surface area contributed by atoms with Gasteiger partial charge in [-0.15, -0.1) is 0 Å². The molecule has 0 saturated carbocycles. The molecule has 1 aliphatic carbocycles. The lowest BCUT2D eigenvalue weighted by Gasteiger charge is -2.40. The highest BCUT2D eigenvalue weighted by Gasteiger charge is 2.65. The zero-order chi connectivity index (χ0) is 21.3. The minimum Gasteiger partial charge on any atom is -0.340 e. The lowest BCUT2D eigenvalue weighted by molar-refractivity contribution is 0.364. The molecule has 1 heterocycles. The predicted molar refractivity (Wildman–Crippen MR) is 109 cm³/mol. The van der Waals surface area contributed by atoms with E-state index in [2.05, 4.69) is 33.8 Å². The number of hydrogen-bond acceptors (Lipinski definition) is 4. The van der Waals surface area contributed by atoms with Crippen molar-refractivity contribution < 1.29 is 19.4 Å². The van der Waals surface area contributed by atoms with E-state index >= 15 is 0 Å². The molecule has 1 aromatic heterocycles. The quantitative estimate of drug-likeness (QED) is 0.316. The first kappa shape index (κ1) is 20.5. The van der Waals surface area contributed by atoms with Gasteiger partial charge >= 0.3 is 10.2 Å². The minimum absolute atomic E-state index is 0.174. The summed E-state index contributed by atoms with van der Waals surface area (Å²) in [5.41, 5.74) is 2.65. The standard InChI is InChI=1S/C19H15F5N4S/c1-13-12-14(5-10-18(13)28-25-2)17-4-3-11-26-19(17)27-15-6-8-16(9-7-15)29(20,21,22,23)24/h3-12H,1-2H2,(H,26,27)/b28-18-. The van der Waals surface area contributed by atoms with E-state index in [1.54, 1.807) is 30.4 Å². The van der Waals surface area contributed by atoms with Crippen molar-refractivity contribution in [2.24, 2.45) is 10.2 Å². The Balaban J connectivity index is 1.91. The van der Waals surface area contributed by atoms with Gasteiger partial charge in [-0.2, -0.15) is 10.2 Å². The molecule has 10 heteroatoms. The van der Waals surface area contributed by atoms with Crippen LogP contribution in [0.5, 0.6) is 0 Å². The van der Waals surface area contributed by atoms with Crippen LogP contribution in [0.4, 0.5) is 30.9 Å². The zero-order valence-electron chi connectivity index (χ0n) is 14.8. The second-order valence-corrected chi connectivity index (χ2v) is 8.51. The second-order valence-electron chi connectivity index (χ2n) is 6.10. The highest BCUT2D eigenvalue weighted by atomic mass is 32.5. The molecule has 1 N–H and O–H groups in total. The number of allylic oxidation sites excluding steroid dienone is 5. The molecule has 1 aromatic carbocycles. The number of benzene rings is 1. The summed E-state index contributed by atoms with van der Waals surface area (Å²) < 4.78 is 64.3. The van der Waals surface area contributed by atoms with E-state index in [1.165, 1.54) is 6.20 Å². The maximum absolute atomic E-state index is 12.9. The second kappa shape index (κ2) is 6.38. The first-order valence-corrected chi connectivity index (χ1v) is 10.0. The van der Waals surface area contributed by atoms with Crippen molar-refractivity contribution in [3.05, 3.63) is 78.5 Å². The van der Waals surface area contributed by atoms with Gasteiger partial charge in [0, 0.05) is 24.2 Å². The molecule has 0 amide bonds. The molecule has 0 atom stereocenters. The molecule has 0 aliphatic heterocycles. The molecular weight excluding hydrogens is 411 g/mol. The summed E-state index contributed by atoms with van der Waals surface area (Å²) in [5.74, 6) is 0.332. The van der Waals surface area contributed by atoms with Gasteiger partial charge in [0.2, 0.25) is 0 Å². The smallest absolute Gasteiger partial charge is 0.310 e. The van der Waals surface area contributed by atoms with E-state index in [4.69, 9.17) is 0 Å². The van der Waals surface area contributed by atoms with Gasteiger partial charge < -0.3 is 5.32 Å². The molecule has 1 aliphatic rings. The molecule has 0 saturated heterocycles. The monoisotopic (exact) mass is 426 g/mol. The molecular formula is C19H15F5N4S. The third-order valence-corrected chi connectivity index (χ3v) is 5.10. The highest BCUT2D eigenvalue weighted by Crippen LogP contribution is 3.02. The average Bonchev–Trinajstić information content (AvgIpc) is 2.63. The predicted octanol–water partition coefficient (Wildman–Crippen LogP) is 7.05. The molecule has 0 radical (unpaired) electrons. The first-order chi connectivity index (χ1) is 13.4. The van der Waals surface area contributed by atoms with Crippen molar-refractivity contribution >= 4 is 39.7 Å². The van der Waals surface area contributed by atoms with Crippen molar-refractivity contribution in [2.45, 2.75) is 4.90 Å². The largest absolute Gasteiger partial charge is 0.340 e. The summed E-state index contributed by atoms with van der Waals surface area (Å²) in [6.07, 6.45) is 6.67. The Morgan fingerprint density at radius 2 is 1.66 bits per heavy atom. The Morgan fingerprint density at radius 3 is 2.24 bits per heavy atom. The van der Waals surface area contributed by atoms with Crippen molar-refractivity contribution in [3.63, 3.8) is 0 Å². The third kappa shape index (κ3) is 4.77. The molecule has 0 spiro atoms. The summed E-state index contributed by atoms with van der Waals surface area (Å²) in [5, 5.41) is 10.1. The van der Waals surface area contributed by atoms with Crippen LogP contribution in [0.15, 0.2) is 88.1 Å². The van der Waals surface area contributed by atoms with Gasteiger partial charge in [0.1, 0.15) is 10.7 Å². The van der Waals surface area contributed by atoms with Crippen LogP contribution in [-0.4, -0.2) is 17.4 Å². The number of nitrogens with one attached hydrogen (secondary N) is 1. The van der Waals surface area contributed by atoms with Crippen LogP contribution in [0.3, 0.4) is 0 Å². The number of rotatable bonds is 5. The Bertz CT molecular complexity index is 1080. The van der Waals surface area contributed by atoms with Crippen molar-refractivity contribution in [1.29, 1.82) is 0 Å². The van der Waals surface area contributed by atoms with Crippen molar-refractivity contribution in [1.82, 2.24) is 4.98 Å². The third-order valence-electron chi connectivity index (χ3n) is 3.94. The van der Waals surface area contributed by atoms with Gasteiger partial charge in [0.25, 0.3) is 0 Å². The maximum Gasteiger partial charge on any atom is 0.310 e. The summed E-state index contributed by atoms with van der Waals surface area (Å²) in [7, 11) is -9.71. The molecule has 2 aromatic rings. The van der Waals surface area contributed by atoms with Crippen LogP contribution in [0.25, 0.3) is 5.57 Å². The Labute approximate surface area is 163 Å². The van der Waals surface area contributed by atoms with E-state index < -0.39 is 15.1 Å². The lowest BCUT2D eigenvalue weighted by atomic mass is 9.96. The van der Waals surface area contributed by atoms with Crippen LogP contribution in [0, 0.1) is 0 Å². The van der Waals surface area contributed by atoms with Crippen LogP contribution in [0.2, 0.25) is 0 Å². The Hall–Kier alpha value is -3.27. The molecule has 29 heavy (non-hydrogen) atoms. The van der Waals surface area contributed by atoms with E-state index in [0.717, 1.165) is 17.7 Å². The number of anilines is 2. The number of halogens is 5. The number of aromatic nitrogens is 1. The van der Waals surface area contributed by atoms with E-state index in [0.29, 0.717) is 34.8 Å². The fourth-order valence-electron chi connectivity index (χ4n) is 2.60. The summed E-state index contributed by atoms with van der Waals surface area (Å²) >= 11 is 0. The molecule has 4 nitrogen and oxygen atoms in total. The van der Waals surface area contributed by atoms with Crippen molar-refractivity contribution in [3.8, 4) is 0 Å². The van der Waals surface area contributed by atoms with Crippen LogP contribution >= 0.6 is 10.2 Å². The summed E-state index contributed by atoms with van der Waals surface area (Å²) in [6, 6.07) is 5.98. The lowest BCUT2D eigenvalue weighted by Crippen LogP contribution is -2.06. The summed E-state index contributed by atoms with van der Waals surface area (Å²) in [6.45, 7) is 7.18. The molecule has 0 fully saturated rings. The van der Waals surface area contributed by atoms with Gasteiger partial charge in [-0.3, -0.25) is 0 Å². The van der Waals surface area contributed by atoms with Gasteiger partial charge in [-0.25, -0.2) is 4.98 Å². The van der Waals surface area contributed by atoms with Crippen LogP contribution in [-0.2, 0) is 0 Å². The zero-order valence-corrected chi connectivity index (χ0v) is 15.6. The average molecular weight is 426 g/mol. The van der Waals surface area contributed by atoms with Crippen LogP contribution in [0.1, 0.15) is 5.56 Å². The van der Waals surface area contributed by atoms with E-state index in [9.17, 15) is 19.4 Å². The van der Waals surface area contributed by atoms with Crippen molar-refractivity contribution in [2.75, 3.05) is 5.32 Å². The van der Waals surface area contributed by atoms with Crippen LogP contribution < -0.4 is 5.32 Å². The van der Waals surface area contributed by atoms with Gasteiger partial charge in [0.15, 0.2) is 0 Å². The fourth-order valence-corrected chi connectivity index (χ4v) is 3.25. The number of nitrogens with zero attached hydrogens (tertiary/aromatic N) is 3. The maximum atomic E-state index is 12.9. The van der Waals surface area contributed by atoms with E-state index in [1.807, 2.05) is 0 Å². The molecule has 0 bridgehead atoms. The minimum atomic E-state index is -9.71. The summed E-state index contributed by atoms with van der Waals surface area (Å²) in [4.78, 5) is 2.24. The highest BCUT2D eigenvalue weighted by molar-refractivity contribution is 8.45. The van der Waals surface area contributed by atoms with Gasteiger partial charge in [0.05, 0.1) is 5.71 Å². The Kier molecular flexibility index (Phi) is 4.50. The number of pyridine rings is 1. The van der Waals surface area contributed by atoms with E-state index in [-0.39, 0.29) is 5.69 Å². The molecule has 3 rings (SSSR count). The number of hydrogen-bond donors (Lipinski definition) is 1. The first-order valence-electron chi connectivity index (χ1n) is 8.07. The van der Waals surface area contributed by atoms with Gasteiger partial charge in [-0.1, -0.05) is 32.1 Å². The fraction of sp³-hybridized carbons (Fsp3) is 0. The topological polar surface area (TPSA) is 49.6 Å². The van der Waals surface area contributed by atoms with Gasteiger partial charge in [-0.05, 0) is 59.7 Å².